The number of allylic oxidation sites excluding steroid dienone is 2. The molecule has 0 aliphatic heterocycles. The van der Waals surface area contributed by atoms with Gasteiger partial charge in [-0.15, -0.1) is 0 Å². The van der Waals surface area contributed by atoms with Crippen LogP contribution < -0.4 is 11.1 Å². The Bertz CT molecular complexity index is 583. The molecule has 0 bridgehead atoms. The standard InChI is InChI=1S/C18H31N5/c1-12(2)13(3)16(23-17(19)20-11-21-23)22-15-9-7-14(8-10-15)18(4,5)6/h11,14-15,22H,1,7-10H2,2-6H3,(H2,19,20,21)/b16-13-/t14-,15-. The van der Waals surface area contributed by atoms with Crippen LogP contribution in [0.5, 0.6) is 0 Å². The van der Waals surface area contributed by atoms with E-state index in [2.05, 4.69) is 42.7 Å². The molecule has 1 aliphatic carbocycles. The maximum atomic E-state index is 5.95. The second-order valence-electron chi connectivity index (χ2n) is 7.84. The summed E-state index contributed by atoms with van der Waals surface area (Å²) in [5.41, 5.74) is 8.42. The fraction of sp³-hybridized carbons (Fsp3) is 0.667. The lowest BCUT2D eigenvalue weighted by Gasteiger charge is -2.37. The molecule has 5 heteroatoms. The molecule has 0 unspecified atom stereocenters. The fourth-order valence-corrected chi connectivity index (χ4v) is 3.25. The summed E-state index contributed by atoms with van der Waals surface area (Å²) >= 11 is 0. The molecule has 1 aromatic heterocycles. The Morgan fingerprint density at radius 2 is 1.87 bits per heavy atom. The maximum Gasteiger partial charge on any atom is 0.224 e. The van der Waals surface area contributed by atoms with Gasteiger partial charge in [0, 0.05) is 6.04 Å². The molecule has 0 aromatic carbocycles. The third-order valence-electron chi connectivity index (χ3n) is 5.07. The van der Waals surface area contributed by atoms with E-state index in [1.54, 1.807) is 4.68 Å². The molecule has 1 fully saturated rings. The largest absolute Gasteiger partial charge is 0.368 e. The van der Waals surface area contributed by atoms with Crippen molar-refractivity contribution in [3.05, 3.63) is 24.1 Å². The number of anilines is 1. The monoisotopic (exact) mass is 317 g/mol. The van der Waals surface area contributed by atoms with Crippen LogP contribution in [-0.4, -0.2) is 20.8 Å². The van der Waals surface area contributed by atoms with Crippen LogP contribution in [0.1, 0.15) is 60.3 Å². The number of hydrogen-bond acceptors (Lipinski definition) is 4. The Morgan fingerprint density at radius 3 is 2.30 bits per heavy atom. The highest BCUT2D eigenvalue weighted by atomic mass is 15.4. The smallest absolute Gasteiger partial charge is 0.224 e. The highest BCUT2D eigenvalue weighted by Gasteiger charge is 2.30. The normalized spacial score (nSPS) is 23.3. The van der Waals surface area contributed by atoms with Crippen molar-refractivity contribution in [1.29, 1.82) is 0 Å². The molecule has 0 amide bonds. The molecule has 0 spiro atoms. The fourth-order valence-electron chi connectivity index (χ4n) is 3.25. The Kier molecular flexibility index (Phi) is 5.17. The zero-order chi connectivity index (χ0) is 17.2. The van der Waals surface area contributed by atoms with Gasteiger partial charge in [-0.05, 0) is 56.4 Å². The van der Waals surface area contributed by atoms with Gasteiger partial charge in [0.1, 0.15) is 12.1 Å². The molecule has 0 atom stereocenters. The second-order valence-corrected chi connectivity index (χ2v) is 7.84. The van der Waals surface area contributed by atoms with Crippen LogP contribution >= 0.6 is 0 Å². The van der Waals surface area contributed by atoms with Crippen molar-refractivity contribution in [1.82, 2.24) is 20.1 Å². The Balaban J connectivity index is 2.14. The van der Waals surface area contributed by atoms with Gasteiger partial charge < -0.3 is 11.1 Å². The van der Waals surface area contributed by atoms with Gasteiger partial charge >= 0.3 is 0 Å². The topological polar surface area (TPSA) is 68.8 Å². The summed E-state index contributed by atoms with van der Waals surface area (Å²) in [6.07, 6.45) is 6.34. The van der Waals surface area contributed by atoms with Gasteiger partial charge in [-0.1, -0.05) is 32.9 Å². The molecule has 2 rings (SSSR count). The number of nitrogens with two attached hydrogens (primary N) is 1. The molecule has 1 aliphatic rings. The first-order chi connectivity index (χ1) is 10.7. The van der Waals surface area contributed by atoms with Crippen LogP contribution in [0.15, 0.2) is 24.1 Å². The minimum atomic E-state index is 0.396. The molecular weight excluding hydrogens is 286 g/mol. The van der Waals surface area contributed by atoms with Gasteiger partial charge in [-0.3, -0.25) is 0 Å². The lowest BCUT2D eigenvalue weighted by molar-refractivity contribution is 0.164. The number of hydrogen-bond donors (Lipinski definition) is 2. The van der Waals surface area contributed by atoms with E-state index >= 15 is 0 Å². The van der Waals surface area contributed by atoms with E-state index in [0.29, 0.717) is 17.4 Å². The van der Waals surface area contributed by atoms with Gasteiger partial charge in [0.2, 0.25) is 5.95 Å². The van der Waals surface area contributed by atoms with Crippen molar-refractivity contribution in [2.45, 2.75) is 66.3 Å². The predicted molar refractivity (Wildman–Crippen MR) is 96.5 cm³/mol. The van der Waals surface area contributed by atoms with Gasteiger partial charge in [0.25, 0.3) is 0 Å². The Labute approximate surface area is 140 Å². The van der Waals surface area contributed by atoms with E-state index in [0.717, 1.165) is 22.9 Å². The van der Waals surface area contributed by atoms with Gasteiger partial charge in [-0.2, -0.15) is 14.8 Å². The highest BCUT2D eigenvalue weighted by molar-refractivity contribution is 5.56. The molecule has 1 saturated carbocycles. The summed E-state index contributed by atoms with van der Waals surface area (Å²) in [4.78, 5) is 4.04. The van der Waals surface area contributed by atoms with E-state index in [-0.39, 0.29) is 0 Å². The van der Waals surface area contributed by atoms with E-state index in [1.165, 1.54) is 32.0 Å². The summed E-state index contributed by atoms with van der Waals surface area (Å²) in [6, 6.07) is 0.446. The minimum Gasteiger partial charge on any atom is -0.368 e. The van der Waals surface area contributed by atoms with Gasteiger partial charge in [0.15, 0.2) is 0 Å². The molecule has 1 aromatic rings. The third-order valence-corrected chi connectivity index (χ3v) is 5.07. The number of rotatable bonds is 4. The Hall–Kier alpha value is -1.78. The highest BCUT2D eigenvalue weighted by Crippen LogP contribution is 2.38. The zero-order valence-corrected chi connectivity index (χ0v) is 15.2. The first-order valence-electron chi connectivity index (χ1n) is 8.49. The molecule has 1 heterocycles. The number of nitrogens with one attached hydrogen (secondary N) is 1. The quantitative estimate of drug-likeness (QED) is 0.828. The summed E-state index contributed by atoms with van der Waals surface area (Å²) in [7, 11) is 0. The van der Waals surface area contributed by atoms with Crippen molar-refractivity contribution in [2.75, 3.05) is 5.73 Å². The van der Waals surface area contributed by atoms with E-state index in [9.17, 15) is 0 Å². The van der Waals surface area contributed by atoms with Crippen molar-refractivity contribution in [3.8, 4) is 0 Å². The van der Waals surface area contributed by atoms with Crippen LogP contribution in [0.25, 0.3) is 5.82 Å². The van der Waals surface area contributed by atoms with Gasteiger partial charge in [-0.25, -0.2) is 0 Å². The zero-order valence-electron chi connectivity index (χ0n) is 15.2. The number of nitrogen functional groups attached to an aromatic ring is 1. The molecular formula is C18H31N5. The average Bonchev–Trinajstić information content (AvgIpc) is 2.89. The maximum absolute atomic E-state index is 5.95. The summed E-state index contributed by atoms with van der Waals surface area (Å²) in [6.45, 7) is 15.1. The van der Waals surface area contributed by atoms with Crippen LogP contribution in [-0.2, 0) is 0 Å². The van der Waals surface area contributed by atoms with E-state index in [4.69, 9.17) is 5.73 Å². The van der Waals surface area contributed by atoms with Crippen LogP contribution in [0, 0.1) is 11.3 Å². The molecule has 3 N–H and O–H groups in total. The summed E-state index contributed by atoms with van der Waals surface area (Å²) in [5, 5.41) is 7.91. The average molecular weight is 317 g/mol. The van der Waals surface area contributed by atoms with Crippen molar-refractivity contribution in [2.24, 2.45) is 11.3 Å². The summed E-state index contributed by atoms with van der Waals surface area (Å²) in [5.74, 6) is 2.11. The first-order valence-corrected chi connectivity index (χ1v) is 8.49. The summed E-state index contributed by atoms with van der Waals surface area (Å²) < 4.78 is 1.68. The second kappa shape index (κ2) is 6.77. The third kappa shape index (κ3) is 4.15. The lowest BCUT2D eigenvalue weighted by Crippen LogP contribution is -2.37. The van der Waals surface area contributed by atoms with Crippen molar-refractivity contribution < 1.29 is 0 Å². The Morgan fingerprint density at radius 1 is 1.26 bits per heavy atom. The first kappa shape index (κ1) is 17.6. The number of aromatic nitrogens is 3. The van der Waals surface area contributed by atoms with E-state index < -0.39 is 0 Å². The molecule has 128 valence electrons. The molecule has 0 saturated heterocycles. The van der Waals surface area contributed by atoms with Crippen LogP contribution in [0.4, 0.5) is 5.95 Å². The van der Waals surface area contributed by atoms with Crippen molar-refractivity contribution >= 4 is 11.8 Å². The minimum absolute atomic E-state index is 0.396. The van der Waals surface area contributed by atoms with Crippen LogP contribution in [0.2, 0.25) is 0 Å². The molecule has 5 nitrogen and oxygen atoms in total. The van der Waals surface area contributed by atoms with E-state index in [1.807, 2.05) is 13.8 Å². The molecule has 23 heavy (non-hydrogen) atoms. The number of nitrogens with zero attached hydrogens (tertiary/aromatic N) is 3. The predicted octanol–water partition coefficient (Wildman–Crippen LogP) is 3.82. The van der Waals surface area contributed by atoms with Crippen LogP contribution in [0.3, 0.4) is 0 Å². The van der Waals surface area contributed by atoms with Gasteiger partial charge in [0.05, 0.1) is 0 Å². The SMILES string of the molecule is C=C(C)/C(C)=C(/N[C@H]1CC[C@H](C(C)(C)C)CC1)n1ncnc1N. The molecule has 0 radical (unpaired) electrons. The van der Waals surface area contributed by atoms with Crippen molar-refractivity contribution in [3.63, 3.8) is 0 Å². The lowest BCUT2D eigenvalue weighted by atomic mass is 9.71.